The number of nitrogen functional groups attached to an aromatic ring is 1. The van der Waals surface area contributed by atoms with E-state index in [1.807, 2.05) is 6.92 Å². The van der Waals surface area contributed by atoms with E-state index in [1.54, 1.807) is 24.0 Å². The van der Waals surface area contributed by atoms with E-state index in [4.69, 9.17) is 17.3 Å². The molecule has 0 saturated heterocycles. The van der Waals surface area contributed by atoms with Crippen LogP contribution in [-0.2, 0) is 23.6 Å². The zero-order valence-electron chi connectivity index (χ0n) is 11.1. The maximum Gasteiger partial charge on any atom is 0.242 e. The number of benzene rings is 1. The normalized spacial score (nSPS) is 11.8. The van der Waals surface area contributed by atoms with Crippen molar-refractivity contribution in [3.63, 3.8) is 0 Å². The fourth-order valence-electron chi connectivity index (χ4n) is 1.69. The number of aryl methyl sites for hydroxylation is 1. The lowest BCUT2D eigenvalue weighted by molar-refractivity contribution is 0.581. The number of halogens is 1. The van der Waals surface area contributed by atoms with E-state index in [-0.39, 0.29) is 16.5 Å². The molecule has 0 fully saturated rings. The monoisotopic (exact) mass is 314 g/mol. The third-order valence-electron chi connectivity index (χ3n) is 3.03. The minimum atomic E-state index is -3.72. The molecule has 0 aliphatic heterocycles. The number of aromatic nitrogens is 2. The molecule has 3 N–H and O–H groups in total. The molecule has 0 saturated carbocycles. The van der Waals surface area contributed by atoms with Crippen molar-refractivity contribution in [1.29, 1.82) is 0 Å². The summed E-state index contributed by atoms with van der Waals surface area (Å²) in [6.07, 6.45) is 1.62. The average molecular weight is 315 g/mol. The second kappa shape index (κ2) is 5.43. The molecule has 108 valence electrons. The van der Waals surface area contributed by atoms with Gasteiger partial charge >= 0.3 is 0 Å². The summed E-state index contributed by atoms with van der Waals surface area (Å²) in [5.74, 6) is 0. The van der Waals surface area contributed by atoms with Crippen molar-refractivity contribution in [2.45, 2.75) is 18.4 Å². The van der Waals surface area contributed by atoms with Crippen LogP contribution in [0, 0.1) is 6.92 Å². The maximum atomic E-state index is 12.2. The van der Waals surface area contributed by atoms with Crippen molar-refractivity contribution < 1.29 is 8.42 Å². The van der Waals surface area contributed by atoms with Gasteiger partial charge in [-0.15, -0.1) is 0 Å². The van der Waals surface area contributed by atoms with Crippen molar-refractivity contribution in [2.24, 2.45) is 7.05 Å². The molecule has 0 aliphatic carbocycles. The molecule has 1 aromatic carbocycles. The molecule has 0 unspecified atom stereocenters. The highest BCUT2D eigenvalue weighted by atomic mass is 35.5. The van der Waals surface area contributed by atoms with Gasteiger partial charge < -0.3 is 5.73 Å². The molecule has 0 aliphatic rings. The molecule has 0 radical (unpaired) electrons. The van der Waals surface area contributed by atoms with Crippen molar-refractivity contribution in [2.75, 3.05) is 5.73 Å². The Morgan fingerprint density at radius 2 is 2.15 bits per heavy atom. The van der Waals surface area contributed by atoms with E-state index >= 15 is 0 Å². The molecule has 0 bridgehead atoms. The van der Waals surface area contributed by atoms with E-state index in [0.29, 0.717) is 5.69 Å². The predicted octanol–water partition coefficient (Wildman–Crippen LogP) is 1.44. The minimum absolute atomic E-state index is 0.0271. The summed E-state index contributed by atoms with van der Waals surface area (Å²) < 4.78 is 28.6. The van der Waals surface area contributed by atoms with E-state index in [0.717, 1.165) is 11.3 Å². The number of nitrogens with one attached hydrogen (secondary N) is 1. The number of nitrogens with two attached hydrogens (primary N) is 1. The van der Waals surface area contributed by atoms with E-state index in [9.17, 15) is 8.42 Å². The smallest absolute Gasteiger partial charge is 0.242 e. The van der Waals surface area contributed by atoms with Crippen LogP contribution in [0.2, 0.25) is 5.02 Å². The number of hydrogen-bond donors (Lipinski definition) is 2. The highest BCUT2D eigenvalue weighted by Gasteiger charge is 2.18. The zero-order chi connectivity index (χ0) is 14.9. The summed E-state index contributed by atoms with van der Waals surface area (Å²) in [6, 6.07) is 4.34. The topological polar surface area (TPSA) is 90.0 Å². The molecule has 0 spiro atoms. The Hall–Kier alpha value is -1.57. The summed E-state index contributed by atoms with van der Waals surface area (Å²) >= 11 is 5.91. The van der Waals surface area contributed by atoms with Gasteiger partial charge in [-0.1, -0.05) is 11.6 Å². The predicted molar refractivity (Wildman–Crippen MR) is 77.8 cm³/mol. The molecule has 0 amide bonds. The SMILES string of the molecule is Cc1c(CNS(=O)(=O)c2cc(N)ccc2Cl)cnn1C. The second-order valence-corrected chi connectivity index (χ2v) is 6.54. The Balaban J connectivity index is 2.24. The lowest BCUT2D eigenvalue weighted by Gasteiger charge is -2.09. The highest BCUT2D eigenvalue weighted by Crippen LogP contribution is 2.23. The third-order valence-corrected chi connectivity index (χ3v) is 4.92. The van der Waals surface area contributed by atoms with Crippen LogP contribution in [-0.4, -0.2) is 18.2 Å². The van der Waals surface area contributed by atoms with E-state index in [1.165, 1.54) is 12.1 Å². The quantitative estimate of drug-likeness (QED) is 0.836. The summed E-state index contributed by atoms with van der Waals surface area (Å²) in [7, 11) is -1.92. The van der Waals surface area contributed by atoms with Gasteiger partial charge in [0.25, 0.3) is 0 Å². The van der Waals surface area contributed by atoms with Crippen molar-refractivity contribution >= 4 is 27.3 Å². The Morgan fingerprint density at radius 1 is 1.45 bits per heavy atom. The molecule has 20 heavy (non-hydrogen) atoms. The van der Waals surface area contributed by atoms with Crippen LogP contribution < -0.4 is 10.5 Å². The average Bonchev–Trinajstić information content (AvgIpc) is 2.70. The van der Waals surface area contributed by atoms with Gasteiger partial charge in [0.1, 0.15) is 4.90 Å². The number of rotatable bonds is 4. The van der Waals surface area contributed by atoms with Gasteiger partial charge in [-0.05, 0) is 25.1 Å². The first kappa shape index (κ1) is 14.8. The third kappa shape index (κ3) is 2.95. The number of hydrogen-bond acceptors (Lipinski definition) is 4. The summed E-state index contributed by atoms with van der Waals surface area (Å²) in [5, 5.41) is 4.19. The van der Waals surface area contributed by atoms with Crippen LogP contribution in [0.1, 0.15) is 11.3 Å². The molecule has 1 aromatic heterocycles. The van der Waals surface area contributed by atoms with Gasteiger partial charge in [0, 0.05) is 30.5 Å². The summed E-state index contributed by atoms with van der Waals surface area (Å²) in [4.78, 5) is -0.0271. The molecule has 6 nitrogen and oxygen atoms in total. The van der Waals surface area contributed by atoms with Crippen molar-refractivity contribution in [1.82, 2.24) is 14.5 Å². The minimum Gasteiger partial charge on any atom is -0.399 e. The van der Waals surface area contributed by atoms with Crippen LogP contribution in [0.4, 0.5) is 5.69 Å². The fraction of sp³-hybridized carbons (Fsp3) is 0.250. The molecule has 1 heterocycles. The van der Waals surface area contributed by atoms with Crippen LogP contribution in [0.25, 0.3) is 0 Å². The maximum absolute atomic E-state index is 12.2. The fourth-order valence-corrected chi connectivity index (χ4v) is 3.23. The van der Waals surface area contributed by atoms with Gasteiger partial charge in [-0.3, -0.25) is 4.68 Å². The largest absolute Gasteiger partial charge is 0.399 e. The lowest BCUT2D eigenvalue weighted by atomic mass is 10.3. The van der Waals surface area contributed by atoms with Crippen molar-refractivity contribution in [3.8, 4) is 0 Å². The van der Waals surface area contributed by atoms with Crippen LogP contribution in [0.3, 0.4) is 0 Å². The first-order valence-corrected chi connectivity index (χ1v) is 7.69. The van der Waals surface area contributed by atoms with Crippen LogP contribution in [0.15, 0.2) is 29.3 Å². The molecular weight excluding hydrogens is 300 g/mol. The van der Waals surface area contributed by atoms with Gasteiger partial charge in [-0.2, -0.15) is 5.10 Å². The van der Waals surface area contributed by atoms with Gasteiger partial charge in [0.2, 0.25) is 10.0 Å². The summed E-state index contributed by atoms with van der Waals surface area (Å²) in [5.41, 5.74) is 7.63. The Kier molecular flexibility index (Phi) is 4.03. The van der Waals surface area contributed by atoms with Gasteiger partial charge in [0.05, 0.1) is 11.2 Å². The Morgan fingerprint density at radius 3 is 2.75 bits per heavy atom. The molecular formula is C12H15ClN4O2S. The lowest BCUT2D eigenvalue weighted by Crippen LogP contribution is -2.24. The Bertz CT molecular complexity index is 740. The van der Waals surface area contributed by atoms with E-state index in [2.05, 4.69) is 9.82 Å². The molecule has 2 rings (SSSR count). The molecule has 8 heteroatoms. The summed E-state index contributed by atoms with van der Waals surface area (Å²) in [6.45, 7) is 2.01. The van der Waals surface area contributed by atoms with Crippen LogP contribution in [0.5, 0.6) is 0 Å². The Labute approximate surface area is 122 Å². The van der Waals surface area contributed by atoms with Gasteiger partial charge in [0.15, 0.2) is 0 Å². The molecule has 2 aromatic rings. The van der Waals surface area contributed by atoms with Crippen LogP contribution >= 0.6 is 11.6 Å². The molecule has 0 atom stereocenters. The highest BCUT2D eigenvalue weighted by molar-refractivity contribution is 7.89. The van der Waals surface area contributed by atoms with E-state index < -0.39 is 10.0 Å². The first-order chi connectivity index (χ1) is 9.31. The number of anilines is 1. The number of sulfonamides is 1. The zero-order valence-corrected chi connectivity index (χ0v) is 12.7. The standard InChI is InChI=1S/C12H15ClN4O2S/c1-8-9(6-15-17(8)2)7-16-20(18,19)12-5-10(14)3-4-11(12)13/h3-6,16H,7,14H2,1-2H3. The van der Waals surface area contributed by atoms with Gasteiger partial charge in [-0.25, -0.2) is 13.1 Å². The number of nitrogens with zero attached hydrogens (tertiary/aromatic N) is 2. The van der Waals surface area contributed by atoms with Crippen molar-refractivity contribution in [3.05, 3.63) is 40.7 Å². The second-order valence-electron chi connectivity index (χ2n) is 4.39. The first-order valence-electron chi connectivity index (χ1n) is 5.83.